The monoisotopic (exact) mass is 580 g/mol. The van der Waals surface area contributed by atoms with Crippen LogP contribution < -0.4 is 14.8 Å². The SMILES string of the molecule is CCc1nccc(-c2cccnc2Oc2cc(NC(=O)c3cccc(OC(F)(F)C(F)F)c3)cc(C(F)(F)F)c2)n1. The summed E-state index contributed by atoms with van der Waals surface area (Å²) in [6.45, 7) is 1.85. The average Bonchev–Trinajstić information content (AvgIpc) is 2.92. The largest absolute Gasteiger partial charge is 0.461 e. The van der Waals surface area contributed by atoms with Crippen molar-refractivity contribution >= 4 is 11.6 Å². The molecule has 0 bridgehead atoms. The van der Waals surface area contributed by atoms with E-state index in [1.165, 1.54) is 12.4 Å². The quantitative estimate of drug-likeness (QED) is 0.208. The highest BCUT2D eigenvalue weighted by atomic mass is 19.4. The molecule has 14 heteroatoms. The minimum absolute atomic E-state index is 0.0744. The number of pyridine rings is 1. The van der Waals surface area contributed by atoms with Crippen molar-refractivity contribution in [2.45, 2.75) is 32.1 Å². The predicted octanol–water partition coefficient (Wildman–Crippen LogP) is 7.40. The third kappa shape index (κ3) is 7.26. The molecule has 0 aliphatic carbocycles. The Hall–Kier alpha value is -4.75. The number of nitrogens with zero attached hydrogens (tertiary/aromatic N) is 3. The first-order valence-electron chi connectivity index (χ1n) is 11.8. The van der Waals surface area contributed by atoms with Crippen molar-refractivity contribution in [1.82, 2.24) is 15.0 Å². The maximum Gasteiger partial charge on any atom is 0.461 e. The second-order valence-electron chi connectivity index (χ2n) is 8.36. The molecule has 1 amide bonds. The number of carbonyl (C=O) groups is 1. The summed E-state index contributed by atoms with van der Waals surface area (Å²) in [7, 11) is 0. The molecule has 2 aromatic carbocycles. The van der Waals surface area contributed by atoms with Crippen molar-refractivity contribution in [2.24, 2.45) is 0 Å². The zero-order chi connectivity index (χ0) is 29.8. The lowest BCUT2D eigenvalue weighted by Gasteiger charge is -2.17. The van der Waals surface area contributed by atoms with Gasteiger partial charge in [-0.3, -0.25) is 4.79 Å². The molecule has 7 nitrogen and oxygen atoms in total. The van der Waals surface area contributed by atoms with Gasteiger partial charge in [-0.25, -0.2) is 15.0 Å². The van der Waals surface area contributed by atoms with E-state index in [2.05, 4.69) is 25.0 Å². The number of carbonyl (C=O) groups excluding carboxylic acids is 1. The van der Waals surface area contributed by atoms with Crippen LogP contribution in [-0.2, 0) is 12.6 Å². The average molecular weight is 580 g/mol. The molecule has 41 heavy (non-hydrogen) atoms. The maximum absolute atomic E-state index is 13.7. The summed E-state index contributed by atoms with van der Waals surface area (Å²) in [4.78, 5) is 25.3. The first-order valence-corrected chi connectivity index (χ1v) is 11.8. The molecular weight excluding hydrogens is 561 g/mol. The molecule has 0 aliphatic rings. The highest BCUT2D eigenvalue weighted by Crippen LogP contribution is 2.37. The molecule has 4 aromatic rings. The molecule has 0 aliphatic heterocycles. The first-order chi connectivity index (χ1) is 19.4. The van der Waals surface area contributed by atoms with Crippen LogP contribution in [0.15, 0.2) is 73.1 Å². The topological polar surface area (TPSA) is 86.2 Å². The molecule has 4 rings (SSSR count). The van der Waals surface area contributed by atoms with Gasteiger partial charge in [0.2, 0.25) is 5.88 Å². The second kappa shape index (κ2) is 11.8. The Morgan fingerprint density at radius 1 is 0.927 bits per heavy atom. The Bertz CT molecular complexity index is 1550. The Morgan fingerprint density at radius 2 is 1.71 bits per heavy atom. The minimum atomic E-state index is -4.84. The van der Waals surface area contributed by atoms with Gasteiger partial charge in [-0.2, -0.15) is 30.7 Å². The van der Waals surface area contributed by atoms with Crippen molar-refractivity contribution in [1.29, 1.82) is 0 Å². The third-order valence-corrected chi connectivity index (χ3v) is 5.38. The maximum atomic E-state index is 13.7. The lowest BCUT2D eigenvalue weighted by Crippen LogP contribution is -2.33. The number of aromatic nitrogens is 3. The van der Waals surface area contributed by atoms with Crippen LogP contribution in [0.1, 0.15) is 28.7 Å². The van der Waals surface area contributed by atoms with E-state index in [0.29, 0.717) is 35.6 Å². The fourth-order valence-electron chi connectivity index (χ4n) is 3.50. The predicted molar refractivity (Wildman–Crippen MR) is 132 cm³/mol. The Labute approximate surface area is 228 Å². The summed E-state index contributed by atoms with van der Waals surface area (Å²) in [5.74, 6) is -1.68. The van der Waals surface area contributed by atoms with Crippen molar-refractivity contribution in [3.8, 4) is 28.6 Å². The number of aryl methyl sites for hydroxylation is 1. The van der Waals surface area contributed by atoms with Crippen molar-refractivity contribution in [3.63, 3.8) is 0 Å². The smallest absolute Gasteiger partial charge is 0.438 e. The summed E-state index contributed by atoms with van der Waals surface area (Å²) in [6.07, 6.45) is -10.4. The summed E-state index contributed by atoms with van der Waals surface area (Å²) in [6, 6.07) is 11.0. The van der Waals surface area contributed by atoms with Gasteiger partial charge in [-0.15, -0.1) is 0 Å². The first kappa shape index (κ1) is 29.2. The number of amides is 1. The van der Waals surface area contributed by atoms with Gasteiger partial charge in [0, 0.05) is 36.1 Å². The molecule has 0 saturated heterocycles. The number of anilines is 1. The molecule has 2 aromatic heterocycles. The van der Waals surface area contributed by atoms with Crippen molar-refractivity contribution in [2.75, 3.05) is 5.32 Å². The standard InChI is InChI=1S/C27H19F7N4O3/c1-2-22-35-10-8-21(38-22)20-7-4-9-36-24(20)40-19-13-16(26(30,31)32)12-17(14-19)37-23(39)15-5-3-6-18(11-15)41-27(33,34)25(28)29/h3-14,25H,2H2,1H3,(H,37,39). The van der Waals surface area contributed by atoms with Crippen molar-refractivity contribution < 1.29 is 45.0 Å². The number of benzene rings is 2. The summed E-state index contributed by atoms with van der Waals surface area (Å²) >= 11 is 0. The van der Waals surface area contributed by atoms with Gasteiger partial charge < -0.3 is 14.8 Å². The lowest BCUT2D eigenvalue weighted by atomic mass is 10.1. The molecule has 0 atom stereocenters. The van der Waals surface area contributed by atoms with Gasteiger partial charge in [0.05, 0.1) is 16.8 Å². The van der Waals surface area contributed by atoms with Gasteiger partial charge in [0.1, 0.15) is 17.3 Å². The van der Waals surface area contributed by atoms with Gasteiger partial charge >= 0.3 is 18.7 Å². The van der Waals surface area contributed by atoms with Crippen LogP contribution in [0.25, 0.3) is 11.3 Å². The highest BCUT2D eigenvalue weighted by Gasteiger charge is 2.44. The zero-order valence-electron chi connectivity index (χ0n) is 20.9. The second-order valence-corrected chi connectivity index (χ2v) is 8.36. The van der Waals surface area contributed by atoms with Gasteiger partial charge in [0.25, 0.3) is 5.91 Å². The van der Waals surface area contributed by atoms with Crippen LogP contribution >= 0.6 is 0 Å². The fourth-order valence-corrected chi connectivity index (χ4v) is 3.50. The summed E-state index contributed by atoms with van der Waals surface area (Å²) in [5.41, 5.74) is -1.11. The van der Waals surface area contributed by atoms with E-state index in [-0.39, 0.29) is 22.9 Å². The number of alkyl halides is 7. The number of rotatable bonds is 9. The van der Waals surface area contributed by atoms with Crippen LogP contribution in [0.2, 0.25) is 0 Å². The lowest BCUT2D eigenvalue weighted by molar-refractivity contribution is -0.253. The number of hydrogen-bond acceptors (Lipinski definition) is 6. The molecule has 0 fully saturated rings. The molecule has 0 unspecified atom stereocenters. The Morgan fingerprint density at radius 3 is 2.41 bits per heavy atom. The van der Waals surface area contributed by atoms with Gasteiger partial charge in [0.15, 0.2) is 0 Å². The van der Waals surface area contributed by atoms with Crippen LogP contribution in [-0.4, -0.2) is 33.4 Å². The number of nitrogens with one attached hydrogen (secondary N) is 1. The molecular formula is C27H19F7N4O3. The molecule has 0 spiro atoms. The van der Waals surface area contributed by atoms with E-state index < -0.39 is 35.9 Å². The molecule has 1 N–H and O–H groups in total. The number of ether oxygens (including phenoxy) is 2. The normalized spacial score (nSPS) is 11.8. The van der Waals surface area contributed by atoms with Crippen LogP contribution in [0.4, 0.5) is 36.4 Å². The number of halogens is 7. The summed E-state index contributed by atoms with van der Waals surface area (Å²) in [5, 5.41) is 2.22. The minimum Gasteiger partial charge on any atom is -0.438 e. The van der Waals surface area contributed by atoms with Crippen molar-refractivity contribution in [3.05, 3.63) is 90.0 Å². The Balaban J connectivity index is 1.64. The summed E-state index contributed by atoms with van der Waals surface area (Å²) < 4.78 is 102. The Kier molecular flexibility index (Phi) is 8.40. The van der Waals surface area contributed by atoms with Crippen LogP contribution in [0.5, 0.6) is 17.4 Å². The molecule has 0 saturated carbocycles. The van der Waals surface area contributed by atoms with Crippen LogP contribution in [0, 0.1) is 0 Å². The number of hydrogen-bond donors (Lipinski definition) is 1. The van der Waals surface area contributed by atoms with E-state index >= 15 is 0 Å². The molecule has 0 radical (unpaired) electrons. The van der Waals surface area contributed by atoms with Gasteiger partial charge in [-0.05, 0) is 48.5 Å². The van der Waals surface area contributed by atoms with E-state index in [4.69, 9.17) is 4.74 Å². The third-order valence-electron chi connectivity index (χ3n) is 5.38. The molecule has 2 heterocycles. The van der Waals surface area contributed by atoms with E-state index in [1.807, 2.05) is 6.92 Å². The van der Waals surface area contributed by atoms with E-state index in [1.54, 1.807) is 18.2 Å². The van der Waals surface area contributed by atoms with E-state index in [0.717, 1.165) is 30.3 Å². The zero-order valence-corrected chi connectivity index (χ0v) is 20.9. The van der Waals surface area contributed by atoms with Crippen LogP contribution in [0.3, 0.4) is 0 Å². The van der Waals surface area contributed by atoms with Gasteiger partial charge in [-0.1, -0.05) is 13.0 Å². The fraction of sp³-hybridized carbons (Fsp3) is 0.185. The highest BCUT2D eigenvalue weighted by molar-refractivity contribution is 6.04. The molecule has 214 valence electrons. The van der Waals surface area contributed by atoms with E-state index in [9.17, 15) is 35.5 Å².